The molecule has 2 rings (SSSR count). The molecule has 0 aromatic heterocycles. The van der Waals surface area contributed by atoms with E-state index in [0.717, 1.165) is 0 Å². The summed E-state index contributed by atoms with van der Waals surface area (Å²) in [6, 6.07) is 5.14. The number of amides is 3. The molecule has 1 heterocycles. The Morgan fingerprint density at radius 2 is 2.04 bits per heavy atom. The van der Waals surface area contributed by atoms with Crippen LogP contribution in [0.25, 0.3) is 0 Å². The Balaban J connectivity index is 1.93. The molecule has 3 N–H and O–H groups in total. The number of methoxy groups -OCH3 is 1. The van der Waals surface area contributed by atoms with Gasteiger partial charge < -0.3 is 20.7 Å². The van der Waals surface area contributed by atoms with Gasteiger partial charge in [0.15, 0.2) is 0 Å². The van der Waals surface area contributed by atoms with Crippen LogP contribution in [0, 0.1) is 0 Å². The molecule has 9 heteroatoms. The van der Waals surface area contributed by atoms with Gasteiger partial charge in [-0.15, -0.1) is 0 Å². The van der Waals surface area contributed by atoms with Gasteiger partial charge in [-0.2, -0.15) is 11.8 Å². The minimum absolute atomic E-state index is 0.0124. The topological polar surface area (TPSA) is 114 Å². The number of thioether (sulfide) groups is 1. The highest BCUT2D eigenvalue weighted by Gasteiger charge is 2.28. The molecule has 146 valence electrons. The fourth-order valence-corrected chi connectivity index (χ4v) is 3.16. The number of esters is 1. The summed E-state index contributed by atoms with van der Waals surface area (Å²) in [5.41, 5.74) is 0.815. The molecule has 0 saturated carbocycles. The van der Waals surface area contributed by atoms with Crippen molar-refractivity contribution in [2.75, 3.05) is 24.4 Å². The Kier molecular flexibility index (Phi) is 7.66. The van der Waals surface area contributed by atoms with Crippen molar-refractivity contribution in [2.24, 2.45) is 0 Å². The molecular formula is C18H23N3O5S. The molecule has 1 aromatic rings. The van der Waals surface area contributed by atoms with Crippen LogP contribution >= 0.6 is 11.8 Å². The molecule has 2 atom stereocenters. The van der Waals surface area contributed by atoms with Gasteiger partial charge in [0.25, 0.3) is 5.91 Å². The van der Waals surface area contributed by atoms with Crippen molar-refractivity contribution in [1.82, 2.24) is 10.6 Å². The highest BCUT2D eigenvalue weighted by Crippen LogP contribution is 2.19. The first-order valence-corrected chi connectivity index (χ1v) is 9.92. The zero-order valence-corrected chi connectivity index (χ0v) is 16.1. The van der Waals surface area contributed by atoms with Gasteiger partial charge >= 0.3 is 5.97 Å². The van der Waals surface area contributed by atoms with Gasteiger partial charge in [0.2, 0.25) is 11.8 Å². The zero-order valence-electron chi connectivity index (χ0n) is 15.2. The summed E-state index contributed by atoms with van der Waals surface area (Å²) in [6.45, 7) is 0. The molecule has 3 amide bonds. The predicted molar refractivity (Wildman–Crippen MR) is 103 cm³/mol. The molecule has 1 aromatic carbocycles. The van der Waals surface area contributed by atoms with E-state index in [2.05, 4.69) is 16.0 Å². The van der Waals surface area contributed by atoms with Crippen molar-refractivity contribution >= 4 is 41.1 Å². The molecular weight excluding hydrogens is 370 g/mol. The summed E-state index contributed by atoms with van der Waals surface area (Å²) >= 11 is 1.56. The number of hydrogen-bond acceptors (Lipinski definition) is 6. The van der Waals surface area contributed by atoms with Gasteiger partial charge in [-0.1, -0.05) is 12.1 Å². The van der Waals surface area contributed by atoms with Gasteiger partial charge in [0.1, 0.15) is 12.1 Å². The molecule has 0 saturated heterocycles. The van der Waals surface area contributed by atoms with E-state index in [4.69, 9.17) is 4.74 Å². The third-order valence-corrected chi connectivity index (χ3v) is 4.79. The lowest BCUT2D eigenvalue weighted by Crippen LogP contribution is -2.44. The van der Waals surface area contributed by atoms with Crippen molar-refractivity contribution in [3.05, 3.63) is 29.8 Å². The largest absolute Gasteiger partial charge is 0.467 e. The van der Waals surface area contributed by atoms with E-state index in [0.29, 0.717) is 23.4 Å². The summed E-state index contributed by atoms with van der Waals surface area (Å²) < 4.78 is 4.70. The van der Waals surface area contributed by atoms with E-state index in [1.54, 1.807) is 36.0 Å². The van der Waals surface area contributed by atoms with E-state index >= 15 is 0 Å². The van der Waals surface area contributed by atoms with E-state index in [1.165, 1.54) is 7.11 Å². The van der Waals surface area contributed by atoms with E-state index < -0.39 is 18.1 Å². The summed E-state index contributed by atoms with van der Waals surface area (Å²) in [7, 11) is 1.27. The molecule has 8 nitrogen and oxygen atoms in total. The van der Waals surface area contributed by atoms with Gasteiger partial charge in [0.05, 0.1) is 18.4 Å². The standard InChI is InChI=1S/C18H23N3O5S/c1-26-18(25)14(9-10-27-2)19-15(22)8-7-13-17(24)20-12-6-4-3-5-11(12)16(23)21-13/h3-6,13-14H,7-10H2,1-2H3,(H,19,22)(H,20,24)(H,21,23)/t13-,14-/m1/s1. The van der Waals surface area contributed by atoms with Crippen LogP contribution in [0.4, 0.5) is 5.69 Å². The second-order valence-corrected chi connectivity index (χ2v) is 7.01. The fourth-order valence-electron chi connectivity index (χ4n) is 2.68. The maximum absolute atomic E-state index is 12.3. The van der Waals surface area contributed by atoms with E-state index in [1.807, 2.05) is 6.26 Å². The number of ether oxygens (including phenoxy) is 1. The lowest BCUT2D eigenvalue weighted by molar-refractivity contribution is -0.145. The smallest absolute Gasteiger partial charge is 0.328 e. The lowest BCUT2D eigenvalue weighted by atomic mass is 10.1. The molecule has 0 fully saturated rings. The van der Waals surface area contributed by atoms with E-state index in [-0.39, 0.29) is 30.6 Å². The summed E-state index contributed by atoms with van der Waals surface area (Å²) in [5, 5.41) is 7.96. The lowest BCUT2D eigenvalue weighted by Gasteiger charge is -2.18. The van der Waals surface area contributed by atoms with Gasteiger partial charge in [-0.05, 0) is 37.0 Å². The van der Waals surface area contributed by atoms with Crippen molar-refractivity contribution in [3.8, 4) is 0 Å². The second kappa shape index (κ2) is 9.96. The number of benzene rings is 1. The number of rotatable bonds is 8. The first-order valence-electron chi connectivity index (χ1n) is 8.53. The van der Waals surface area contributed by atoms with Gasteiger partial charge in [-0.3, -0.25) is 14.4 Å². The number of hydrogen-bond donors (Lipinski definition) is 3. The quantitative estimate of drug-likeness (QED) is 0.566. The number of anilines is 1. The molecule has 1 aliphatic rings. The Morgan fingerprint density at radius 3 is 2.74 bits per heavy atom. The van der Waals surface area contributed by atoms with Crippen molar-refractivity contribution in [3.63, 3.8) is 0 Å². The molecule has 0 aliphatic carbocycles. The first-order chi connectivity index (χ1) is 13.0. The number of carbonyl (C=O) groups excluding carboxylic acids is 4. The predicted octanol–water partition coefficient (Wildman–Crippen LogP) is 0.928. The molecule has 27 heavy (non-hydrogen) atoms. The molecule has 0 unspecified atom stereocenters. The van der Waals surface area contributed by atoms with Crippen LogP contribution in [0.5, 0.6) is 0 Å². The summed E-state index contributed by atoms with van der Waals surface area (Å²) in [4.78, 5) is 48.5. The second-order valence-electron chi connectivity index (χ2n) is 6.02. The fraction of sp³-hybridized carbons (Fsp3) is 0.444. The zero-order chi connectivity index (χ0) is 19.8. The average molecular weight is 393 g/mol. The molecule has 0 spiro atoms. The Labute approximate surface area is 161 Å². The van der Waals surface area contributed by atoms with Crippen molar-refractivity contribution in [1.29, 1.82) is 0 Å². The number of nitrogens with one attached hydrogen (secondary N) is 3. The first kappa shape index (κ1) is 20.8. The Bertz CT molecular complexity index is 725. The van der Waals surface area contributed by atoms with Crippen molar-refractivity contribution in [2.45, 2.75) is 31.3 Å². The number of para-hydroxylation sites is 1. The maximum atomic E-state index is 12.3. The number of carbonyl (C=O) groups is 4. The number of fused-ring (bicyclic) bond motifs is 1. The average Bonchev–Trinajstić information content (AvgIpc) is 2.79. The third kappa shape index (κ3) is 5.72. The van der Waals surface area contributed by atoms with Crippen LogP contribution in [0.1, 0.15) is 29.6 Å². The summed E-state index contributed by atoms with van der Waals surface area (Å²) in [5.74, 6) is -0.946. The normalized spacial score (nSPS) is 17.0. The Morgan fingerprint density at radius 1 is 1.30 bits per heavy atom. The third-order valence-electron chi connectivity index (χ3n) is 4.14. The van der Waals surface area contributed by atoms with E-state index in [9.17, 15) is 19.2 Å². The van der Waals surface area contributed by atoms with Crippen LogP contribution in [0.15, 0.2) is 24.3 Å². The minimum atomic E-state index is -0.835. The molecule has 1 aliphatic heterocycles. The molecule has 0 bridgehead atoms. The Hall–Kier alpha value is -2.55. The van der Waals surface area contributed by atoms with Crippen LogP contribution in [0.2, 0.25) is 0 Å². The highest BCUT2D eigenvalue weighted by molar-refractivity contribution is 7.98. The van der Waals surface area contributed by atoms with Crippen LogP contribution in [0.3, 0.4) is 0 Å². The van der Waals surface area contributed by atoms with Gasteiger partial charge in [-0.25, -0.2) is 4.79 Å². The van der Waals surface area contributed by atoms with Crippen LogP contribution in [-0.2, 0) is 19.1 Å². The maximum Gasteiger partial charge on any atom is 0.328 e. The monoisotopic (exact) mass is 393 g/mol. The highest BCUT2D eigenvalue weighted by atomic mass is 32.2. The van der Waals surface area contributed by atoms with Crippen LogP contribution < -0.4 is 16.0 Å². The SMILES string of the molecule is COC(=O)[C@@H](CCSC)NC(=O)CC[C@H]1NC(=O)c2ccccc2NC1=O. The minimum Gasteiger partial charge on any atom is -0.467 e. The van der Waals surface area contributed by atoms with Gasteiger partial charge in [0, 0.05) is 6.42 Å². The van der Waals surface area contributed by atoms with Crippen molar-refractivity contribution < 1.29 is 23.9 Å². The van der Waals surface area contributed by atoms with Crippen LogP contribution in [-0.4, -0.2) is 54.9 Å². The molecule has 0 radical (unpaired) electrons. The summed E-state index contributed by atoms with van der Waals surface area (Å²) in [6.07, 6.45) is 2.46.